The summed E-state index contributed by atoms with van der Waals surface area (Å²) in [5.41, 5.74) is 2.75. The lowest BCUT2D eigenvalue weighted by atomic mass is 10.2. The minimum atomic E-state index is -0.108. The zero-order chi connectivity index (χ0) is 20.2. The van der Waals surface area contributed by atoms with Gasteiger partial charge in [-0.1, -0.05) is 24.3 Å². The second-order valence-corrected chi connectivity index (χ2v) is 7.00. The number of aromatic nitrogens is 4. The van der Waals surface area contributed by atoms with Gasteiger partial charge in [-0.3, -0.25) is 14.3 Å². The van der Waals surface area contributed by atoms with Gasteiger partial charge in [0.2, 0.25) is 11.3 Å². The third-order valence-corrected chi connectivity index (χ3v) is 5.04. The Labute approximate surface area is 168 Å². The number of nitrogens with one attached hydrogen (secondary N) is 1. The maximum atomic E-state index is 12.2. The zero-order valence-electron chi connectivity index (χ0n) is 16.3. The number of benzene rings is 2. The van der Waals surface area contributed by atoms with Crippen molar-refractivity contribution in [2.75, 3.05) is 6.54 Å². The van der Waals surface area contributed by atoms with Crippen molar-refractivity contribution < 1.29 is 4.79 Å². The molecule has 0 spiro atoms. The summed E-state index contributed by atoms with van der Waals surface area (Å²) in [5, 5.41) is 7.74. The number of nitrogens with zero attached hydrogens (tertiary/aromatic N) is 4. The molecule has 2 heterocycles. The first-order chi connectivity index (χ1) is 14.1. The molecular formula is C22H23N5O2. The van der Waals surface area contributed by atoms with E-state index in [-0.39, 0.29) is 11.3 Å². The van der Waals surface area contributed by atoms with Crippen LogP contribution in [0.4, 0.5) is 0 Å². The highest BCUT2D eigenvalue weighted by Crippen LogP contribution is 2.15. The third kappa shape index (κ3) is 4.03. The Morgan fingerprint density at radius 2 is 1.79 bits per heavy atom. The van der Waals surface area contributed by atoms with Crippen molar-refractivity contribution in [3.8, 4) is 0 Å². The zero-order valence-corrected chi connectivity index (χ0v) is 16.3. The molecule has 0 bridgehead atoms. The van der Waals surface area contributed by atoms with Gasteiger partial charge in [0.05, 0.1) is 29.3 Å². The molecular weight excluding hydrogens is 366 g/mol. The Morgan fingerprint density at radius 3 is 2.66 bits per heavy atom. The Balaban J connectivity index is 1.29. The minimum Gasteiger partial charge on any atom is -0.356 e. The van der Waals surface area contributed by atoms with Gasteiger partial charge in [0.15, 0.2) is 0 Å². The highest BCUT2D eigenvalue weighted by Gasteiger charge is 2.08. The fourth-order valence-corrected chi connectivity index (χ4v) is 3.58. The van der Waals surface area contributed by atoms with Gasteiger partial charge in [-0.05, 0) is 37.6 Å². The van der Waals surface area contributed by atoms with Crippen LogP contribution in [0, 0.1) is 6.92 Å². The summed E-state index contributed by atoms with van der Waals surface area (Å²) in [6, 6.07) is 15.4. The lowest BCUT2D eigenvalue weighted by Crippen LogP contribution is -2.27. The molecule has 0 aliphatic carbocycles. The predicted molar refractivity (Wildman–Crippen MR) is 113 cm³/mol. The van der Waals surface area contributed by atoms with Crippen molar-refractivity contribution >= 4 is 27.8 Å². The number of hydrogen-bond acceptors (Lipinski definition) is 4. The van der Waals surface area contributed by atoms with E-state index >= 15 is 0 Å². The third-order valence-electron chi connectivity index (χ3n) is 5.04. The molecule has 7 nitrogen and oxygen atoms in total. The van der Waals surface area contributed by atoms with Crippen LogP contribution in [0.3, 0.4) is 0 Å². The standard InChI is InChI=1S/C22H23N5O2/c1-16-25-18-8-3-5-10-20(18)26(16)13-6-12-23-22(29)11-14-27-19-9-4-2-7-17(19)21(28)15-24-27/h2-5,7-10,15H,6,11-14H2,1H3,(H,23,29). The largest absolute Gasteiger partial charge is 0.356 e. The molecule has 7 heteroatoms. The summed E-state index contributed by atoms with van der Waals surface area (Å²) in [7, 11) is 0. The number of fused-ring (bicyclic) bond motifs is 2. The molecule has 4 rings (SSSR count). The molecule has 1 amide bonds. The number of carbonyl (C=O) groups is 1. The van der Waals surface area contributed by atoms with E-state index in [4.69, 9.17) is 0 Å². The molecule has 148 valence electrons. The van der Waals surface area contributed by atoms with Crippen molar-refractivity contribution in [1.82, 2.24) is 24.6 Å². The average Bonchev–Trinajstić information content (AvgIpc) is 3.06. The van der Waals surface area contributed by atoms with Crippen molar-refractivity contribution in [1.29, 1.82) is 0 Å². The normalized spacial score (nSPS) is 11.2. The first-order valence-electron chi connectivity index (χ1n) is 9.77. The minimum absolute atomic E-state index is 0.0261. The fraction of sp³-hybridized carbons (Fsp3) is 0.273. The van der Waals surface area contributed by atoms with Crippen LogP contribution in [0.25, 0.3) is 21.9 Å². The molecule has 0 aliphatic heterocycles. The highest BCUT2D eigenvalue weighted by molar-refractivity contribution is 5.79. The first kappa shape index (κ1) is 18.9. The fourth-order valence-electron chi connectivity index (χ4n) is 3.58. The van der Waals surface area contributed by atoms with Crippen LogP contribution in [0.15, 0.2) is 59.5 Å². The molecule has 0 radical (unpaired) electrons. The van der Waals surface area contributed by atoms with E-state index < -0.39 is 0 Å². The van der Waals surface area contributed by atoms with Crippen LogP contribution in [0.2, 0.25) is 0 Å². The van der Waals surface area contributed by atoms with Gasteiger partial charge in [0.1, 0.15) is 5.82 Å². The number of aryl methyl sites for hydroxylation is 3. The molecule has 0 aliphatic rings. The topological polar surface area (TPSA) is 81.8 Å². The van der Waals surface area contributed by atoms with Gasteiger partial charge < -0.3 is 9.88 Å². The van der Waals surface area contributed by atoms with Crippen LogP contribution in [-0.4, -0.2) is 31.8 Å². The Bertz CT molecular complexity index is 1220. The highest BCUT2D eigenvalue weighted by atomic mass is 16.1. The molecule has 2 aromatic heterocycles. The van der Waals surface area contributed by atoms with E-state index in [1.165, 1.54) is 6.20 Å². The second-order valence-electron chi connectivity index (χ2n) is 7.00. The molecule has 0 unspecified atom stereocenters. The number of rotatable bonds is 7. The van der Waals surface area contributed by atoms with E-state index in [2.05, 4.69) is 26.0 Å². The Morgan fingerprint density at radius 1 is 1.03 bits per heavy atom. The van der Waals surface area contributed by atoms with Gasteiger partial charge in [-0.2, -0.15) is 5.10 Å². The van der Waals surface area contributed by atoms with Gasteiger partial charge in [-0.15, -0.1) is 0 Å². The molecule has 0 saturated heterocycles. The van der Waals surface area contributed by atoms with Gasteiger partial charge in [0.25, 0.3) is 0 Å². The summed E-state index contributed by atoms with van der Waals surface area (Å²) in [4.78, 5) is 28.7. The lowest BCUT2D eigenvalue weighted by Gasteiger charge is -2.10. The number of hydrogen-bond donors (Lipinski definition) is 1. The van der Waals surface area contributed by atoms with Crippen molar-refractivity contribution in [2.24, 2.45) is 0 Å². The molecule has 0 saturated carbocycles. The van der Waals surface area contributed by atoms with Gasteiger partial charge in [0, 0.05) is 24.9 Å². The van der Waals surface area contributed by atoms with Crippen LogP contribution >= 0.6 is 0 Å². The van der Waals surface area contributed by atoms with Crippen LogP contribution in [-0.2, 0) is 17.9 Å². The maximum Gasteiger partial charge on any atom is 0.221 e. The quantitative estimate of drug-likeness (QED) is 0.493. The molecule has 0 atom stereocenters. The number of amides is 1. The molecule has 1 N–H and O–H groups in total. The summed E-state index contributed by atoms with van der Waals surface area (Å²) in [6.07, 6.45) is 2.44. The summed E-state index contributed by atoms with van der Waals surface area (Å²) in [6.45, 7) is 3.83. The number of para-hydroxylation sites is 3. The monoisotopic (exact) mass is 389 g/mol. The SMILES string of the molecule is Cc1nc2ccccc2n1CCCNC(=O)CCn1ncc(=O)c2ccccc21. The van der Waals surface area contributed by atoms with E-state index in [0.717, 1.165) is 35.3 Å². The first-order valence-corrected chi connectivity index (χ1v) is 9.77. The van der Waals surface area contributed by atoms with Crippen LogP contribution < -0.4 is 10.7 Å². The number of imidazole rings is 1. The Kier molecular flexibility index (Phi) is 5.37. The van der Waals surface area contributed by atoms with Crippen molar-refractivity contribution in [3.63, 3.8) is 0 Å². The van der Waals surface area contributed by atoms with Gasteiger partial charge in [-0.25, -0.2) is 4.98 Å². The maximum absolute atomic E-state index is 12.2. The predicted octanol–water partition coefficient (Wildman–Crippen LogP) is 2.65. The number of carbonyl (C=O) groups excluding carboxylic acids is 1. The van der Waals surface area contributed by atoms with E-state index in [0.29, 0.717) is 24.9 Å². The van der Waals surface area contributed by atoms with Crippen molar-refractivity contribution in [3.05, 3.63) is 70.8 Å². The summed E-state index contributed by atoms with van der Waals surface area (Å²) in [5.74, 6) is 0.954. The van der Waals surface area contributed by atoms with Crippen LogP contribution in [0.5, 0.6) is 0 Å². The van der Waals surface area contributed by atoms with Gasteiger partial charge >= 0.3 is 0 Å². The van der Waals surface area contributed by atoms with E-state index in [1.807, 2.05) is 43.3 Å². The lowest BCUT2D eigenvalue weighted by molar-refractivity contribution is -0.121. The van der Waals surface area contributed by atoms with Crippen LogP contribution in [0.1, 0.15) is 18.7 Å². The smallest absolute Gasteiger partial charge is 0.221 e. The van der Waals surface area contributed by atoms with E-state index in [9.17, 15) is 9.59 Å². The average molecular weight is 389 g/mol. The molecule has 2 aromatic carbocycles. The second kappa shape index (κ2) is 8.26. The summed E-state index contributed by atoms with van der Waals surface area (Å²) >= 11 is 0. The molecule has 0 fully saturated rings. The Hall–Kier alpha value is -3.48. The van der Waals surface area contributed by atoms with E-state index in [1.54, 1.807) is 10.7 Å². The van der Waals surface area contributed by atoms with Crippen molar-refractivity contribution in [2.45, 2.75) is 32.9 Å². The molecule has 4 aromatic rings. The molecule has 29 heavy (non-hydrogen) atoms. The summed E-state index contributed by atoms with van der Waals surface area (Å²) < 4.78 is 3.88.